The molecule has 120 valence electrons. The largest absolute Gasteiger partial charge is 0.506 e. The third-order valence-electron chi connectivity index (χ3n) is 3.98. The van der Waals surface area contributed by atoms with Crippen LogP contribution in [0.5, 0.6) is 5.75 Å². The van der Waals surface area contributed by atoms with Crippen LogP contribution in [0.1, 0.15) is 0 Å². The molecule has 0 unspecified atom stereocenters. The number of halogens is 1. The highest BCUT2D eigenvalue weighted by Crippen LogP contribution is 2.32. The van der Waals surface area contributed by atoms with Crippen molar-refractivity contribution in [3.63, 3.8) is 0 Å². The Hall–Kier alpha value is -2.83. The van der Waals surface area contributed by atoms with E-state index in [4.69, 9.17) is 0 Å². The lowest BCUT2D eigenvalue weighted by atomic mass is 10.2. The summed E-state index contributed by atoms with van der Waals surface area (Å²) in [4.78, 5) is 14.5. The van der Waals surface area contributed by atoms with Gasteiger partial charge in [0.1, 0.15) is 17.3 Å². The van der Waals surface area contributed by atoms with E-state index in [-0.39, 0.29) is 11.4 Å². The average Bonchev–Trinajstić information content (AvgIpc) is 2.55. The average molecular weight is 317 g/mol. The molecule has 0 radical (unpaired) electrons. The van der Waals surface area contributed by atoms with Crippen LogP contribution in [-0.2, 0) is 0 Å². The maximum atomic E-state index is 13.2. The van der Waals surface area contributed by atoms with Gasteiger partial charge in [0.2, 0.25) is 0 Å². The molecule has 0 spiro atoms. The van der Waals surface area contributed by atoms with Crippen LogP contribution in [0.3, 0.4) is 0 Å². The molecule has 0 aliphatic carbocycles. The van der Waals surface area contributed by atoms with Crippen molar-refractivity contribution in [1.82, 2.24) is 0 Å². The maximum Gasteiger partial charge on any atom is 0.295 e. The van der Waals surface area contributed by atoms with E-state index in [9.17, 15) is 19.6 Å². The second-order valence-electron chi connectivity index (χ2n) is 5.35. The molecule has 0 bridgehead atoms. The highest BCUT2D eigenvalue weighted by molar-refractivity contribution is 5.65. The molecule has 23 heavy (non-hydrogen) atoms. The van der Waals surface area contributed by atoms with Gasteiger partial charge in [-0.3, -0.25) is 10.1 Å². The predicted octanol–water partition coefficient (Wildman–Crippen LogP) is 2.77. The van der Waals surface area contributed by atoms with Gasteiger partial charge in [0.15, 0.2) is 0 Å². The Balaban J connectivity index is 1.77. The lowest BCUT2D eigenvalue weighted by molar-refractivity contribution is -0.384. The number of anilines is 2. The minimum Gasteiger partial charge on any atom is -0.506 e. The van der Waals surface area contributed by atoms with Crippen molar-refractivity contribution in [3.05, 3.63) is 58.4 Å². The standard InChI is InChI=1S/C16H16FN3O3/c17-12-5-6-13(15(11-12)20(22)23)18-7-9-19(10-8-18)14-3-1-2-4-16(14)21/h1-6,11,21H,7-10H2. The summed E-state index contributed by atoms with van der Waals surface area (Å²) in [5.74, 6) is -0.401. The fourth-order valence-electron chi connectivity index (χ4n) is 2.83. The summed E-state index contributed by atoms with van der Waals surface area (Å²) < 4.78 is 13.2. The zero-order valence-corrected chi connectivity index (χ0v) is 12.4. The van der Waals surface area contributed by atoms with Gasteiger partial charge in [-0.25, -0.2) is 4.39 Å². The van der Waals surface area contributed by atoms with E-state index >= 15 is 0 Å². The van der Waals surface area contributed by atoms with E-state index in [0.717, 1.165) is 11.8 Å². The molecule has 7 heteroatoms. The molecule has 3 rings (SSSR count). The smallest absolute Gasteiger partial charge is 0.295 e. The summed E-state index contributed by atoms with van der Waals surface area (Å²) in [6.07, 6.45) is 0. The molecular weight excluding hydrogens is 301 g/mol. The summed E-state index contributed by atoms with van der Waals surface area (Å²) in [5.41, 5.74) is 0.954. The van der Waals surface area contributed by atoms with Crippen molar-refractivity contribution in [3.8, 4) is 5.75 Å². The number of rotatable bonds is 3. The molecule has 1 N–H and O–H groups in total. The molecule has 6 nitrogen and oxygen atoms in total. The number of hydrogen-bond acceptors (Lipinski definition) is 5. The molecular formula is C16H16FN3O3. The lowest BCUT2D eigenvalue weighted by Gasteiger charge is -2.37. The number of nitrogens with zero attached hydrogens (tertiary/aromatic N) is 3. The Morgan fingerprint density at radius 1 is 1.00 bits per heavy atom. The Morgan fingerprint density at radius 3 is 2.22 bits per heavy atom. The van der Waals surface area contributed by atoms with Crippen molar-refractivity contribution in [1.29, 1.82) is 0 Å². The van der Waals surface area contributed by atoms with Crippen LogP contribution < -0.4 is 9.80 Å². The number of phenols is 1. The zero-order chi connectivity index (χ0) is 16.4. The summed E-state index contributed by atoms with van der Waals surface area (Å²) in [5, 5.41) is 21.0. The summed E-state index contributed by atoms with van der Waals surface area (Å²) in [7, 11) is 0. The SMILES string of the molecule is O=[N+]([O-])c1cc(F)ccc1N1CCN(c2ccccc2O)CC1. The number of para-hydroxylation sites is 2. The molecule has 0 aromatic heterocycles. The number of hydrogen-bond donors (Lipinski definition) is 1. The van der Waals surface area contributed by atoms with Crippen molar-refractivity contribution in [2.75, 3.05) is 36.0 Å². The highest BCUT2D eigenvalue weighted by Gasteiger charge is 2.25. The van der Waals surface area contributed by atoms with Crippen LogP contribution >= 0.6 is 0 Å². The molecule has 2 aromatic rings. The number of phenolic OH excluding ortho intramolecular Hbond substituents is 1. The predicted molar refractivity (Wildman–Crippen MR) is 85.6 cm³/mol. The topological polar surface area (TPSA) is 69.9 Å². The number of aromatic hydroxyl groups is 1. The first-order valence-corrected chi connectivity index (χ1v) is 7.28. The van der Waals surface area contributed by atoms with Gasteiger partial charge in [-0.05, 0) is 24.3 Å². The van der Waals surface area contributed by atoms with Crippen LogP contribution in [0, 0.1) is 15.9 Å². The van der Waals surface area contributed by atoms with Gasteiger partial charge in [-0.15, -0.1) is 0 Å². The Morgan fingerprint density at radius 2 is 1.61 bits per heavy atom. The van der Waals surface area contributed by atoms with Crippen molar-refractivity contribution in [2.24, 2.45) is 0 Å². The number of piperazine rings is 1. The molecule has 0 saturated carbocycles. The van der Waals surface area contributed by atoms with Gasteiger partial charge in [-0.1, -0.05) is 12.1 Å². The third kappa shape index (κ3) is 3.03. The molecule has 1 heterocycles. The van der Waals surface area contributed by atoms with Crippen LogP contribution in [0.25, 0.3) is 0 Å². The molecule has 0 atom stereocenters. The molecule has 1 aliphatic heterocycles. The van der Waals surface area contributed by atoms with Gasteiger partial charge in [0.05, 0.1) is 16.7 Å². The van der Waals surface area contributed by atoms with Gasteiger partial charge in [-0.2, -0.15) is 0 Å². The molecule has 2 aromatic carbocycles. The Labute approximate surface area is 132 Å². The minimum atomic E-state index is -0.617. The number of nitro groups is 1. The summed E-state index contributed by atoms with van der Waals surface area (Å²) in [6.45, 7) is 2.35. The van der Waals surface area contributed by atoms with Gasteiger partial charge in [0.25, 0.3) is 5.69 Å². The van der Waals surface area contributed by atoms with Crippen LogP contribution in [-0.4, -0.2) is 36.2 Å². The molecule has 1 saturated heterocycles. The van der Waals surface area contributed by atoms with Gasteiger partial charge < -0.3 is 14.9 Å². The zero-order valence-electron chi connectivity index (χ0n) is 12.4. The van der Waals surface area contributed by atoms with Crippen LogP contribution in [0.15, 0.2) is 42.5 Å². The summed E-state index contributed by atoms with van der Waals surface area (Å²) in [6, 6.07) is 10.7. The molecule has 1 fully saturated rings. The van der Waals surface area contributed by atoms with Gasteiger partial charge in [0, 0.05) is 26.2 Å². The number of nitro benzene ring substituents is 1. The lowest BCUT2D eigenvalue weighted by Crippen LogP contribution is -2.46. The normalized spacial score (nSPS) is 14.8. The summed E-state index contributed by atoms with van der Waals surface area (Å²) >= 11 is 0. The Bertz CT molecular complexity index is 730. The van der Waals surface area contributed by atoms with E-state index in [1.807, 2.05) is 21.9 Å². The van der Waals surface area contributed by atoms with E-state index in [1.165, 1.54) is 12.1 Å². The first kappa shape index (κ1) is 15.1. The van der Waals surface area contributed by atoms with E-state index < -0.39 is 10.7 Å². The molecule has 0 amide bonds. The van der Waals surface area contributed by atoms with Crippen LogP contribution in [0.4, 0.5) is 21.5 Å². The van der Waals surface area contributed by atoms with Crippen LogP contribution in [0.2, 0.25) is 0 Å². The maximum absolute atomic E-state index is 13.2. The third-order valence-corrected chi connectivity index (χ3v) is 3.98. The second-order valence-corrected chi connectivity index (χ2v) is 5.35. The highest BCUT2D eigenvalue weighted by atomic mass is 19.1. The first-order valence-electron chi connectivity index (χ1n) is 7.28. The quantitative estimate of drug-likeness (QED) is 0.696. The minimum absolute atomic E-state index is 0.216. The van der Waals surface area contributed by atoms with Crippen molar-refractivity contribution >= 4 is 17.1 Å². The van der Waals surface area contributed by atoms with E-state index in [2.05, 4.69) is 0 Å². The van der Waals surface area contributed by atoms with Crippen molar-refractivity contribution < 1.29 is 14.4 Å². The monoisotopic (exact) mass is 317 g/mol. The van der Waals surface area contributed by atoms with Crippen molar-refractivity contribution in [2.45, 2.75) is 0 Å². The molecule has 1 aliphatic rings. The fraction of sp³-hybridized carbons (Fsp3) is 0.250. The number of benzene rings is 2. The first-order chi connectivity index (χ1) is 11.1. The fourth-order valence-corrected chi connectivity index (χ4v) is 2.83. The van der Waals surface area contributed by atoms with Gasteiger partial charge >= 0.3 is 0 Å². The Kier molecular flexibility index (Phi) is 4.01. The van der Waals surface area contributed by atoms with E-state index in [1.54, 1.807) is 12.1 Å². The second kappa shape index (κ2) is 6.12. The van der Waals surface area contributed by atoms with E-state index in [0.29, 0.717) is 31.9 Å².